The molecule has 1 aromatic carbocycles. The van der Waals surface area contributed by atoms with Crippen LogP contribution in [0.2, 0.25) is 0 Å². The Balaban J connectivity index is 2.08. The highest BCUT2D eigenvalue weighted by molar-refractivity contribution is 7.89. The van der Waals surface area contributed by atoms with Crippen LogP contribution in [0.1, 0.15) is 12.5 Å². The molecule has 1 aliphatic heterocycles. The minimum atomic E-state index is -3.81. The molecule has 1 amide bonds. The van der Waals surface area contributed by atoms with Gasteiger partial charge in [0, 0.05) is 12.2 Å². The largest absolute Gasteiger partial charge is 0.335 e. The van der Waals surface area contributed by atoms with E-state index in [1.165, 1.54) is 16.8 Å². The van der Waals surface area contributed by atoms with E-state index in [9.17, 15) is 13.2 Å². The van der Waals surface area contributed by atoms with Crippen LogP contribution in [0.4, 0.5) is 5.69 Å². The molecule has 1 atom stereocenters. The second kappa shape index (κ2) is 4.97. The first kappa shape index (κ1) is 13.8. The number of nitrogens with zero attached hydrogens (tertiary/aromatic N) is 2. The molecule has 2 heterocycles. The molecule has 8 heteroatoms. The maximum atomic E-state index is 12.6. The molecule has 0 fully saturated rings. The van der Waals surface area contributed by atoms with Gasteiger partial charge in [-0.15, -0.1) is 0 Å². The van der Waals surface area contributed by atoms with Gasteiger partial charge in [-0.3, -0.25) is 4.79 Å². The van der Waals surface area contributed by atoms with Gasteiger partial charge in [-0.1, -0.05) is 18.2 Å². The SMILES string of the molecule is CC1C(=O)Nc2ccccc2CN1S(=O)(=O)c1cnc[nH]1. The van der Waals surface area contributed by atoms with Gasteiger partial charge in [-0.2, -0.15) is 4.31 Å². The Kier molecular flexibility index (Phi) is 3.26. The monoisotopic (exact) mass is 306 g/mol. The van der Waals surface area contributed by atoms with E-state index in [0.29, 0.717) is 5.69 Å². The first-order chi connectivity index (χ1) is 10.00. The summed E-state index contributed by atoms with van der Waals surface area (Å²) >= 11 is 0. The van der Waals surface area contributed by atoms with Crippen LogP contribution in [0.3, 0.4) is 0 Å². The number of carbonyl (C=O) groups excluding carboxylic acids is 1. The number of rotatable bonds is 2. The van der Waals surface area contributed by atoms with Crippen molar-refractivity contribution in [3.05, 3.63) is 42.4 Å². The van der Waals surface area contributed by atoms with Crippen LogP contribution in [-0.4, -0.2) is 34.6 Å². The zero-order valence-corrected chi connectivity index (χ0v) is 12.1. The van der Waals surface area contributed by atoms with Crippen molar-refractivity contribution in [2.75, 3.05) is 5.32 Å². The predicted molar refractivity (Wildman–Crippen MR) is 75.9 cm³/mol. The third kappa shape index (κ3) is 2.32. The maximum Gasteiger partial charge on any atom is 0.261 e. The first-order valence-electron chi connectivity index (χ1n) is 6.39. The molecule has 0 radical (unpaired) electrons. The number of sulfonamides is 1. The predicted octanol–water partition coefficient (Wildman–Crippen LogP) is 0.941. The third-order valence-corrected chi connectivity index (χ3v) is 5.31. The minimum absolute atomic E-state index is 0.0264. The molecule has 1 unspecified atom stereocenters. The van der Waals surface area contributed by atoms with Gasteiger partial charge in [-0.25, -0.2) is 13.4 Å². The number of H-pyrrole nitrogens is 1. The molecular weight excluding hydrogens is 292 g/mol. The number of aromatic amines is 1. The summed E-state index contributed by atoms with van der Waals surface area (Å²) in [5, 5.41) is 2.72. The van der Waals surface area contributed by atoms with Crippen LogP contribution in [-0.2, 0) is 21.4 Å². The Morgan fingerprint density at radius 1 is 1.33 bits per heavy atom. The number of hydrogen-bond donors (Lipinski definition) is 2. The van der Waals surface area contributed by atoms with Crippen molar-refractivity contribution in [1.29, 1.82) is 0 Å². The zero-order chi connectivity index (χ0) is 15.0. The molecule has 0 saturated carbocycles. The number of anilines is 1. The fourth-order valence-electron chi connectivity index (χ4n) is 2.26. The van der Waals surface area contributed by atoms with E-state index in [0.717, 1.165) is 5.56 Å². The number of nitrogens with one attached hydrogen (secondary N) is 2. The molecule has 2 N–H and O–H groups in total. The molecule has 1 aromatic heterocycles. The summed E-state index contributed by atoms with van der Waals surface area (Å²) in [6.07, 6.45) is 2.53. The zero-order valence-electron chi connectivity index (χ0n) is 11.3. The topological polar surface area (TPSA) is 95.2 Å². The standard InChI is InChI=1S/C13H14N4O3S/c1-9-13(18)16-11-5-3-2-4-10(11)7-17(9)21(19,20)12-6-14-8-15-12/h2-6,8-9H,7H2,1H3,(H,14,15)(H,16,18). The summed E-state index contributed by atoms with van der Waals surface area (Å²) in [5.41, 5.74) is 1.38. The molecule has 7 nitrogen and oxygen atoms in total. The Morgan fingerprint density at radius 2 is 2.10 bits per heavy atom. The summed E-state index contributed by atoms with van der Waals surface area (Å²) in [7, 11) is -3.81. The van der Waals surface area contributed by atoms with E-state index >= 15 is 0 Å². The van der Waals surface area contributed by atoms with Crippen molar-refractivity contribution in [2.24, 2.45) is 0 Å². The molecule has 3 rings (SSSR count). The second-order valence-electron chi connectivity index (χ2n) is 4.79. The van der Waals surface area contributed by atoms with Crippen LogP contribution < -0.4 is 5.32 Å². The molecule has 0 saturated heterocycles. The molecular formula is C13H14N4O3S. The van der Waals surface area contributed by atoms with Gasteiger partial charge in [0.1, 0.15) is 6.04 Å². The molecule has 110 valence electrons. The molecule has 0 bridgehead atoms. The van der Waals surface area contributed by atoms with Crippen molar-refractivity contribution in [2.45, 2.75) is 24.5 Å². The Hall–Kier alpha value is -2.19. The third-order valence-electron chi connectivity index (χ3n) is 3.47. The van der Waals surface area contributed by atoms with Gasteiger partial charge < -0.3 is 10.3 Å². The van der Waals surface area contributed by atoms with Gasteiger partial charge >= 0.3 is 0 Å². The van der Waals surface area contributed by atoms with Crippen LogP contribution in [0, 0.1) is 0 Å². The first-order valence-corrected chi connectivity index (χ1v) is 7.83. The van der Waals surface area contributed by atoms with Crippen LogP contribution in [0.15, 0.2) is 41.8 Å². The van der Waals surface area contributed by atoms with Crippen molar-refractivity contribution < 1.29 is 13.2 Å². The summed E-state index contributed by atoms with van der Waals surface area (Å²) in [6.45, 7) is 1.69. The van der Waals surface area contributed by atoms with Crippen LogP contribution in [0.25, 0.3) is 0 Å². The maximum absolute atomic E-state index is 12.6. The van der Waals surface area contributed by atoms with E-state index < -0.39 is 16.1 Å². The quantitative estimate of drug-likeness (QED) is 0.863. The van der Waals surface area contributed by atoms with Crippen LogP contribution >= 0.6 is 0 Å². The highest BCUT2D eigenvalue weighted by Crippen LogP contribution is 2.27. The highest BCUT2D eigenvalue weighted by Gasteiger charge is 2.36. The number of benzene rings is 1. The Morgan fingerprint density at radius 3 is 2.81 bits per heavy atom. The van der Waals surface area contributed by atoms with Crippen molar-refractivity contribution in [3.8, 4) is 0 Å². The highest BCUT2D eigenvalue weighted by atomic mass is 32.2. The van der Waals surface area contributed by atoms with Gasteiger partial charge in [-0.05, 0) is 18.6 Å². The van der Waals surface area contributed by atoms with E-state index in [2.05, 4.69) is 15.3 Å². The lowest BCUT2D eigenvalue weighted by Crippen LogP contribution is -2.43. The van der Waals surface area contributed by atoms with Crippen molar-refractivity contribution >= 4 is 21.6 Å². The number of fused-ring (bicyclic) bond motifs is 1. The van der Waals surface area contributed by atoms with E-state index in [1.54, 1.807) is 25.1 Å². The van der Waals surface area contributed by atoms with Gasteiger partial charge in [0.15, 0.2) is 5.03 Å². The summed E-state index contributed by atoms with van der Waals surface area (Å²) < 4.78 is 26.5. The molecule has 1 aliphatic rings. The average molecular weight is 306 g/mol. The number of aromatic nitrogens is 2. The number of imidazole rings is 1. The van der Waals surface area contributed by atoms with E-state index in [1.807, 2.05) is 6.07 Å². The summed E-state index contributed by atoms with van der Waals surface area (Å²) in [5.74, 6) is -0.358. The van der Waals surface area contributed by atoms with Gasteiger partial charge in [0.2, 0.25) is 5.91 Å². The molecule has 2 aromatic rings. The Bertz CT molecular complexity index is 770. The fraction of sp³-hybridized carbons (Fsp3) is 0.231. The number of hydrogen-bond acceptors (Lipinski definition) is 4. The van der Waals surface area contributed by atoms with Gasteiger partial charge in [0.25, 0.3) is 10.0 Å². The minimum Gasteiger partial charge on any atom is -0.335 e. The fourth-order valence-corrected chi connectivity index (χ4v) is 3.73. The Labute approximate surface area is 122 Å². The normalized spacial score (nSPS) is 19.7. The van der Waals surface area contributed by atoms with E-state index in [4.69, 9.17) is 0 Å². The second-order valence-corrected chi connectivity index (χ2v) is 6.65. The van der Waals surface area contributed by atoms with Crippen molar-refractivity contribution in [3.63, 3.8) is 0 Å². The lowest BCUT2D eigenvalue weighted by Gasteiger charge is -2.23. The number of carbonyl (C=O) groups is 1. The smallest absolute Gasteiger partial charge is 0.261 e. The van der Waals surface area contributed by atoms with E-state index in [-0.39, 0.29) is 17.5 Å². The van der Waals surface area contributed by atoms with Crippen molar-refractivity contribution in [1.82, 2.24) is 14.3 Å². The number of para-hydroxylation sites is 1. The lowest BCUT2D eigenvalue weighted by atomic mass is 10.2. The lowest BCUT2D eigenvalue weighted by molar-refractivity contribution is -0.119. The molecule has 0 spiro atoms. The average Bonchev–Trinajstić information content (AvgIpc) is 2.96. The van der Waals surface area contributed by atoms with Gasteiger partial charge in [0.05, 0.1) is 12.5 Å². The summed E-state index contributed by atoms with van der Waals surface area (Å²) in [4.78, 5) is 18.5. The van der Waals surface area contributed by atoms with Crippen LogP contribution in [0.5, 0.6) is 0 Å². The molecule has 21 heavy (non-hydrogen) atoms. The molecule has 0 aliphatic carbocycles. The number of amides is 1. The summed E-state index contributed by atoms with van der Waals surface area (Å²) in [6, 6.07) is 6.34.